The van der Waals surface area contributed by atoms with Crippen LogP contribution in [0.4, 0.5) is 13.6 Å². The predicted octanol–water partition coefficient (Wildman–Crippen LogP) is 6.11. The molecule has 0 aliphatic heterocycles. The fourth-order valence-corrected chi connectivity index (χ4v) is 4.52. The number of hydrogen-bond donors (Lipinski definition) is 2. The highest BCUT2D eigenvalue weighted by Gasteiger charge is 2.18. The van der Waals surface area contributed by atoms with E-state index < -0.39 is 29.7 Å². The average Bonchev–Trinajstić information content (AvgIpc) is 2.93. The number of carbonyl (C=O) groups is 2. The maximum atomic E-state index is 14.0. The van der Waals surface area contributed by atoms with Crippen molar-refractivity contribution in [3.8, 4) is 5.75 Å². The molecular weight excluding hydrogens is 593 g/mol. The molecule has 0 heterocycles. The molecule has 3 rings (SSSR count). The van der Waals surface area contributed by atoms with Crippen LogP contribution < -0.4 is 10.1 Å². The van der Waals surface area contributed by atoms with Crippen LogP contribution >= 0.6 is 23.2 Å². The van der Waals surface area contributed by atoms with Gasteiger partial charge in [-0.1, -0.05) is 41.4 Å². The first-order valence-corrected chi connectivity index (χ1v) is 14.0. The number of nitrogens with one attached hydrogen (secondary N) is 1. The zero-order chi connectivity index (χ0) is 30.5. The van der Waals surface area contributed by atoms with Crippen LogP contribution in [0.15, 0.2) is 60.7 Å². The van der Waals surface area contributed by atoms with Gasteiger partial charge in [-0.25, -0.2) is 18.4 Å². The van der Waals surface area contributed by atoms with Gasteiger partial charge in [-0.15, -0.1) is 0 Å². The van der Waals surface area contributed by atoms with E-state index >= 15 is 0 Å². The molecule has 2 N–H and O–H groups in total. The highest BCUT2D eigenvalue weighted by molar-refractivity contribution is 6.34. The molecule has 0 saturated heterocycles. The van der Waals surface area contributed by atoms with Gasteiger partial charge in [0.2, 0.25) is 0 Å². The predicted molar refractivity (Wildman–Crippen MR) is 155 cm³/mol. The van der Waals surface area contributed by atoms with Crippen LogP contribution in [0.2, 0.25) is 10.0 Å². The standard InChI is InChI=1S/C30H32Cl2F2N2O6/c1-2-41-28(29(37)38)15-20-3-7-26(8-4-20)42-12-10-36(9-11-40-19-21-13-23(31)16-24(32)14-21)30(39)35-18-22-5-6-25(33)17-27(22)34/h3-8,13-14,16-17,28H,2,9-12,15,18-19H2,1H3,(H,35,39)(H,37,38). The van der Waals surface area contributed by atoms with Gasteiger partial charge in [0.25, 0.3) is 0 Å². The van der Waals surface area contributed by atoms with E-state index in [1.165, 1.54) is 11.0 Å². The summed E-state index contributed by atoms with van der Waals surface area (Å²) in [5.41, 5.74) is 1.69. The van der Waals surface area contributed by atoms with E-state index in [1.807, 2.05) is 0 Å². The lowest BCUT2D eigenvalue weighted by atomic mass is 10.1. The van der Waals surface area contributed by atoms with Crippen molar-refractivity contribution in [2.45, 2.75) is 32.6 Å². The fourth-order valence-electron chi connectivity index (χ4n) is 3.95. The summed E-state index contributed by atoms with van der Waals surface area (Å²) in [6.07, 6.45) is -0.719. The number of amides is 2. The van der Waals surface area contributed by atoms with Crippen molar-refractivity contribution in [1.82, 2.24) is 10.2 Å². The Labute approximate surface area is 253 Å². The molecule has 0 saturated carbocycles. The Kier molecular flexibility index (Phi) is 13.3. The van der Waals surface area contributed by atoms with Crippen molar-refractivity contribution in [1.29, 1.82) is 0 Å². The minimum absolute atomic E-state index is 0.134. The first-order valence-electron chi connectivity index (χ1n) is 13.2. The summed E-state index contributed by atoms with van der Waals surface area (Å²) in [5.74, 6) is -1.96. The van der Waals surface area contributed by atoms with E-state index in [2.05, 4.69) is 5.32 Å². The Bertz CT molecular complexity index is 1310. The molecule has 42 heavy (non-hydrogen) atoms. The highest BCUT2D eigenvalue weighted by atomic mass is 35.5. The summed E-state index contributed by atoms with van der Waals surface area (Å²) in [4.78, 5) is 25.7. The Hall–Kier alpha value is -3.44. The van der Waals surface area contributed by atoms with Crippen molar-refractivity contribution >= 4 is 35.2 Å². The minimum atomic E-state index is -1.03. The lowest BCUT2D eigenvalue weighted by molar-refractivity contribution is -0.149. The van der Waals surface area contributed by atoms with Crippen LogP contribution in [0.3, 0.4) is 0 Å². The summed E-state index contributed by atoms with van der Waals surface area (Å²) < 4.78 is 44.0. The molecule has 2 amide bonds. The molecule has 0 fully saturated rings. The van der Waals surface area contributed by atoms with Gasteiger partial charge < -0.3 is 29.5 Å². The second-order valence-electron chi connectivity index (χ2n) is 9.19. The molecule has 12 heteroatoms. The van der Waals surface area contributed by atoms with Crippen LogP contribution in [0.25, 0.3) is 0 Å². The molecule has 0 bridgehead atoms. The maximum absolute atomic E-state index is 14.0. The number of nitrogens with zero attached hydrogens (tertiary/aromatic N) is 1. The number of carboxylic acid groups (broad SMARTS) is 1. The number of halogens is 4. The first kappa shape index (κ1) is 33.1. The molecule has 1 unspecified atom stereocenters. The second kappa shape index (κ2) is 16.9. The number of hydrogen-bond acceptors (Lipinski definition) is 5. The Balaban J connectivity index is 1.56. The number of urea groups is 1. The number of aliphatic carboxylic acids is 1. The van der Waals surface area contributed by atoms with E-state index in [-0.39, 0.29) is 51.4 Å². The molecule has 0 aromatic heterocycles. The number of rotatable bonds is 16. The number of benzene rings is 3. The van der Waals surface area contributed by atoms with Gasteiger partial charge >= 0.3 is 12.0 Å². The van der Waals surface area contributed by atoms with Crippen molar-refractivity contribution < 1.29 is 37.7 Å². The molecule has 8 nitrogen and oxygen atoms in total. The summed E-state index contributed by atoms with van der Waals surface area (Å²) in [6.45, 7) is 2.82. The van der Waals surface area contributed by atoms with E-state index in [0.29, 0.717) is 22.4 Å². The maximum Gasteiger partial charge on any atom is 0.333 e. The van der Waals surface area contributed by atoms with Crippen LogP contribution in [0.1, 0.15) is 23.6 Å². The third-order valence-corrected chi connectivity index (χ3v) is 6.48. The van der Waals surface area contributed by atoms with Gasteiger partial charge in [0, 0.05) is 47.8 Å². The topological polar surface area (TPSA) is 97.3 Å². The second-order valence-corrected chi connectivity index (χ2v) is 10.1. The van der Waals surface area contributed by atoms with Crippen molar-refractivity contribution in [2.75, 3.05) is 32.9 Å². The van der Waals surface area contributed by atoms with Crippen LogP contribution in [0, 0.1) is 11.6 Å². The first-order chi connectivity index (χ1) is 20.1. The zero-order valence-electron chi connectivity index (χ0n) is 23.0. The van der Waals surface area contributed by atoms with Crippen LogP contribution in [-0.2, 0) is 33.8 Å². The third-order valence-electron chi connectivity index (χ3n) is 6.05. The molecular formula is C30H32Cl2F2N2O6. The minimum Gasteiger partial charge on any atom is -0.492 e. The molecule has 0 spiro atoms. The van der Waals surface area contributed by atoms with Gasteiger partial charge in [-0.2, -0.15) is 0 Å². The molecule has 226 valence electrons. The van der Waals surface area contributed by atoms with Crippen molar-refractivity contribution in [2.24, 2.45) is 0 Å². The third kappa shape index (κ3) is 11.1. The summed E-state index contributed by atoms with van der Waals surface area (Å²) in [5, 5.41) is 12.9. The Morgan fingerprint density at radius 1 is 0.952 bits per heavy atom. The van der Waals surface area contributed by atoms with E-state index in [9.17, 15) is 23.5 Å². The largest absolute Gasteiger partial charge is 0.492 e. The summed E-state index contributed by atoms with van der Waals surface area (Å²) >= 11 is 12.1. The smallest absolute Gasteiger partial charge is 0.333 e. The zero-order valence-corrected chi connectivity index (χ0v) is 24.5. The quantitative estimate of drug-likeness (QED) is 0.187. The van der Waals surface area contributed by atoms with Crippen LogP contribution in [-0.4, -0.2) is 61.0 Å². The summed E-state index contributed by atoms with van der Waals surface area (Å²) in [6, 6.07) is 14.7. The molecule has 0 aliphatic rings. The van der Waals surface area contributed by atoms with Gasteiger partial charge in [0.15, 0.2) is 6.10 Å². The van der Waals surface area contributed by atoms with Crippen molar-refractivity contribution in [3.63, 3.8) is 0 Å². The molecule has 3 aromatic carbocycles. The monoisotopic (exact) mass is 624 g/mol. The van der Waals surface area contributed by atoms with Crippen LogP contribution in [0.5, 0.6) is 5.75 Å². The van der Waals surface area contributed by atoms with Gasteiger partial charge in [-0.3, -0.25) is 0 Å². The Morgan fingerprint density at radius 2 is 1.64 bits per heavy atom. The van der Waals surface area contributed by atoms with Gasteiger partial charge in [-0.05, 0) is 54.4 Å². The van der Waals surface area contributed by atoms with E-state index in [4.69, 9.17) is 37.4 Å². The molecule has 0 aliphatic carbocycles. The fraction of sp³-hybridized carbons (Fsp3) is 0.333. The average molecular weight is 625 g/mol. The summed E-state index contributed by atoms with van der Waals surface area (Å²) in [7, 11) is 0. The lowest BCUT2D eigenvalue weighted by Crippen LogP contribution is -2.43. The number of carbonyl (C=O) groups excluding carboxylic acids is 1. The van der Waals surface area contributed by atoms with Crippen molar-refractivity contribution in [3.05, 3.63) is 99.0 Å². The molecule has 0 radical (unpaired) electrons. The number of carboxylic acids is 1. The molecule has 1 atom stereocenters. The van der Waals surface area contributed by atoms with E-state index in [1.54, 1.807) is 49.4 Å². The number of ether oxygens (including phenoxy) is 3. The molecule has 3 aromatic rings. The highest BCUT2D eigenvalue weighted by Crippen LogP contribution is 2.20. The van der Waals surface area contributed by atoms with Gasteiger partial charge in [0.1, 0.15) is 24.0 Å². The Morgan fingerprint density at radius 3 is 2.29 bits per heavy atom. The normalized spacial score (nSPS) is 11.6. The SMILES string of the molecule is CCOC(Cc1ccc(OCCN(CCOCc2cc(Cl)cc(Cl)c2)C(=O)NCc2ccc(F)cc2F)cc1)C(=O)O. The van der Waals surface area contributed by atoms with E-state index in [0.717, 1.165) is 23.3 Å². The van der Waals surface area contributed by atoms with Gasteiger partial charge in [0.05, 0.1) is 19.8 Å². The lowest BCUT2D eigenvalue weighted by Gasteiger charge is -2.23.